The number of thioether (sulfide) groups is 1. The first kappa shape index (κ1) is 16.1. The molecule has 22 heavy (non-hydrogen) atoms. The van der Waals surface area contributed by atoms with Crippen LogP contribution in [-0.4, -0.2) is 24.6 Å². The Hall–Kier alpha value is -2.27. The second-order valence-corrected chi connectivity index (χ2v) is 5.66. The number of Topliss-reactive ketones (excluding diaryl/α,β-unsaturated/α-hetero) is 1. The molecule has 0 saturated carbocycles. The zero-order valence-corrected chi connectivity index (χ0v) is 13.3. The van der Waals surface area contributed by atoms with Gasteiger partial charge in [0.15, 0.2) is 5.78 Å². The predicted octanol–water partition coefficient (Wildman–Crippen LogP) is 3.63. The van der Waals surface area contributed by atoms with Gasteiger partial charge in [0.05, 0.1) is 18.6 Å². The number of amides is 1. The third-order valence-electron chi connectivity index (χ3n) is 3.01. The molecule has 114 valence electrons. The van der Waals surface area contributed by atoms with E-state index < -0.39 is 0 Å². The van der Waals surface area contributed by atoms with Crippen LogP contribution in [0.5, 0.6) is 5.75 Å². The van der Waals surface area contributed by atoms with Crippen LogP contribution in [0.1, 0.15) is 17.3 Å². The maximum absolute atomic E-state index is 12.0. The van der Waals surface area contributed by atoms with Crippen LogP contribution in [0.3, 0.4) is 0 Å². The monoisotopic (exact) mass is 315 g/mol. The van der Waals surface area contributed by atoms with Crippen LogP contribution < -0.4 is 10.1 Å². The molecule has 5 heteroatoms. The molecule has 0 aromatic heterocycles. The molecular formula is C17H17NO3S. The van der Waals surface area contributed by atoms with Gasteiger partial charge in [-0.25, -0.2) is 0 Å². The Morgan fingerprint density at radius 2 is 1.77 bits per heavy atom. The van der Waals surface area contributed by atoms with Gasteiger partial charge in [0, 0.05) is 10.5 Å². The molecule has 0 radical (unpaired) electrons. The molecule has 0 aliphatic heterocycles. The van der Waals surface area contributed by atoms with E-state index in [1.807, 2.05) is 24.3 Å². The molecule has 0 spiro atoms. The third-order valence-corrected chi connectivity index (χ3v) is 4.02. The summed E-state index contributed by atoms with van der Waals surface area (Å²) >= 11 is 1.43. The number of ether oxygens (including phenoxy) is 1. The first-order valence-corrected chi connectivity index (χ1v) is 7.75. The van der Waals surface area contributed by atoms with Crippen molar-refractivity contribution in [3.63, 3.8) is 0 Å². The average molecular weight is 315 g/mol. The molecule has 2 aromatic carbocycles. The highest BCUT2D eigenvalue weighted by Crippen LogP contribution is 2.22. The second-order valence-electron chi connectivity index (χ2n) is 4.61. The van der Waals surface area contributed by atoms with Gasteiger partial charge in [-0.05, 0) is 43.3 Å². The minimum atomic E-state index is -0.144. The van der Waals surface area contributed by atoms with Crippen LogP contribution in [0.25, 0.3) is 0 Å². The normalized spacial score (nSPS) is 10.1. The molecule has 0 aliphatic rings. The van der Waals surface area contributed by atoms with Gasteiger partial charge in [0.1, 0.15) is 5.75 Å². The van der Waals surface area contributed by atoms with E-state index in [1.54, 1.807) is 31.4 Å². The number of para-hydroxylation sites is 1. The molecule has 2 aromatic rings. The summed E-state index contributed by atoms with van der Waals surface area (Å²) < 4.78 is 5.09. The maximum Gasteiger partial charge on any atom is 0.234 e. The van der Waals surface area contributed by atoms with Gasteiger partial charge < -0.3 is 10.1 Å². The number of nitrogens with one attached hydrogen (secondary N) is 1. The molecule has 0 bridgehead atoms. The Morgan fingerprint density at radius 1 is 1.09 bits per heavy atom. The lowest BCUT2D eigenvalue weighted by Crippen LogP contribution is -2.16. The van der Waals surface area contributed by atoms with Crippen molar-refractivity contribution in [2.24, 2.45) is 0 Å². The zero-order valence-electron chi connectivity index (χ0n) is 12.5. The molecule has 1 amide bonds. The number of anilines is 1. The minimum absolute atomic E-state index is 0.0706. The summed E-state index contributed by atoms with van der Waals surface area (Å²) in [7, 11) is 1.61. The van der Waals surface area contributed by atoms with Crippen LogP contribution in [0, 0.1) is 0 Å². The molecule has 4 nitrogen and oxygen atoms in total. The number of carbonyl (C=O) groups excluding carboxylic acids is 2. The highest BCUT2D eigenvalue weighted by atomic mass is 32.2. The van der Waals surface area contributed by atoms with E-state index in [-0.39, 0.29) is 17.4 Å². The maximum atomic E-state index is 12.0. The van der Waals surface area contributed by atoms with Gasteiger partial charge >= 0.3 is 0 Å². The molecular weight excluding hydrogens is 298 g/mol. The number of carbonyl (C=O) groups is 2. The van der Waals surface area contributed by atoms with Gasteiger partial charge in [-0.1, -0.05) is 12.1 Å². The first-order valence-electron chi connectivity index (χ1n) is 6.77. The van der Waals surface area contributed by atoms with E-state index in [0.29, 0.717) is 11.3 Å². The first-order chi connectivity index (χ1) is 10.6. The Kier molecular flexibility index (Phi) is 5.61. The van der Waals surface area contributed by atoms with Crippen molar-refractivity contribution in [1.29, 1.82) is 0 Å². The highest BCUT2D eigenvalue weighted by molar-refractivity contribution is 8.00. The third kappa shape index (κ3) is 4.36. The van der Waals surface area contributed by atoms with Crippen LogP contribution in [-0.2, 0) is 4.79 Å². The van der Waals surface area contributed by atoms with E-state index >= 15 is 0 Å². The topological polar surface area (TPSA) is 55.4 Å². The summed E-state index contributed by atoms with van der Waals surface area (Å²) in [6.07, 6.45) is 0. The molecule has 2 rings (SSSR count). The average Bonchev–Trinajstić information content (AvgIpc) is 2.53. The molecule has 0 aliphatic carbocycles. The van der Waals surface area contributed by atoms with E-state index in [1.165, 1.54) is 18.7 Å². The molecule has 0 atom stereocenters. The van der Waals surface area contributed by atoms with Crippen LogP contribution >= 0.6 is 11.8 Å². The lowest BCUT2D eigenvalue weighted by molar-refractivity contribution is -0.113. The Balaban J connectivity index is 1.94. The lowest BCUT2D eigenvalue weighted by Gasteiger charge is -2.09. The van der Waals surface area contributed by atoms with Crippen LogP contribution in [0.4, 0.5) is 5.69 Å². The minimum Gasteiger partial charge on any atom is -0.497 e. The fourth-order valence-corrected chi connectivity index (χ4v) is 2.60. The van der Waals surface area contributed by atoms with Gasteiger partial charge in [0.25, 0.3) is 0 Å². The molecule has 0 fully saturated rings. The van der Waals surface area contributed by atoms with E-state index in [9.17, 15) is 9.59 Å². The fraction of sp³-hybridized carbons (Fsp3) is 0.176. The molecule has 0 heterocycles. The van der Waals surface area contributed by atoms with Crippen LogP contribution in [0.15, 0.2) is 53.4 Å². The van der Waals surface area contributed by atoms with Crippen molar-refractivity contribution in [2.75, 3.05) is 18.2 Å². The van der Waals surface area contributed by atoms with Gasteiger partial charge in [-0.3, -0.25) is 9.59 Å². The number of benzene rings is 2. The Bertz CT molecular complexity index is 668. The fourth-order valence-electron chi connectivity index (χ4n) is 1.91. The van der Waals surface area contributed by atoms with E-state index in [4.69, 9.17) is 4.74 Å². The molecule has 1 N–H and O–H groups in total. The number of hydrogen-bond acceptors (Lipinski definition) is 4. The van der Waals surface area contributed by atoms with E-state index in [2.05, 4.69) is 5.32 Å². The van der Waals surface area contributed by atoms with Gasteiger partial charge in [-0.15, -0.1) is 11.8 Å². The van der Waals surface area contributed by atoms with Crippen molar-refractivity contribution in [3.8, 4) is 5.75 Å². The zero-order chi connectivity index (χ0) is 15.9. The number of ketones is 1. The summed E-state index contributed by atoms with van der Waals surface area (Å²) in [5.74, 6) is 0.843. The Morgan fingerprint density at radius 3 is 2.41 bits per heavy atom. The summed E-state index contributed by atoms with van der Waals surface area (Å²) in [6, 6.07) is 14.5. The molecule has 0 unspecified atom stereocenters. The van der Waals surface area contributed by atoms with Crippen molar-refractivity contribution in [1.82, 2.24) is 0 Å². The summed E-state index contributed by atoms with van der Waals surface area (Å²) in [5, 5.41) is 2.78. The Labute approximate surface area is 133 Å². The highest BCUT2D eigenvalue weighted by Gasteiger charge is 2.09. The SMILES string of the molecule is COc1ccc(SCC(=O)Nc2ccccc2C(C)=O)cc1. The number of hydrogen-bond donors (Lipinski definition) is 1. The summed E-state index contributed by atoms with van der Waals surface area (Å²) in [6.45, 7) is 1.48. The van der Waals surface area contributed by atoms with Crippen molar-refractivity contribution >= 4 is 29.1 Å². The van der Waals surface area contributed by atoms with Gasteiger partial charge in [-0.2, -0.15) is 0 Å². The lowest BCUT2D eigenvalue weighted by atomic mass is 10.1. The summed E-state index contributed by atoms with van der Waals surface area (Å²) in [5.41, 5.74) is 1.07. The van der Waals surface area contributed by atoms with Crippen LogP contribution in [0.2, 0.25) is 0 Å². The van der Waals surface area contributed by atoms with Gasteiger partial charge in [0.2, 0.25) is 5.91 Å². The number of rotatable bonds is 6. The van der Waals surface area contributed by atoms with Crippen molar-refractivity contribution in [2.45, 2.75) is 11.8 Å². The summed E-state index contributed by atoms with van der Waals surface area (Å²) in [4.78, 5) is 24.5. The number of methoxy groups -OCH3 is 1. The largest absolute Gasteiger partial charge is 0.497 e. The second kappa shape index (κ2) is 7.66. The molecule has 0 saturated heterocycles. The predicted molar refractivity (Wildman–Crippen MR) is 88.8 cm³/mol. The van der Waals surface area contributed by atoms with Crippen molar-refractivity contribution < 1.29 is 14.3 Å². The standard InChI is InChI=1S/C17H17NO3S/c1-12(19)15-5-3-4-6-16(15)18-17(20)11-22-14-9-7-13(21-2)8-10-14/h3-10H,11H2,1-2H3,(H,18,20). The van der Waals surface area contributed by atoms with E-state index in [0.717, 1.165) is 10.6 Å². The quantitative estimate of drug-likeness (QED) is 0.653. The van der Waals surface area contributed by atoms with Crippen molar-refractivity contribution in [3.05, 3.63) is 54.1 Å². The smallest absolute Gasteiger partial charge is 0.234 e.